The summed E-state index contributed by atoms with van der Waals surface area (Å²) in [6.45, 7) is 3.11. The first-order valence-corrected chi connectivity index (χ1v) is 8.67. The van der Waals surface area contributed by atoms with E-state index in [9.17, 15) is 4.79 Å². The molecule has 2 aromatic carbocycles. The van der Waals surface area contributed by atoms with Crippen LogP contribution in [0.25, 0.3) is 0 Å². The Morgan fingerprint density at radius 2 is 1.83 bits per heavy atom. The Hall–Kier alpha value is -2.09. The van der Waals surface area contributed by atoms with E-state index in [4.69, 9.17) is 0 Å². The SMILES string of the molecule is CC1CCc2ccccc2C1CCCNC(=O)c1ccccc1. The van der Waals surface area contributed by atoms with E-state index in [-0.39, 0.29) is 5.91 Å². The molecule has 0 saturated heterocycles. The van der Waals surface area contributed by atoms with Gasteiger partial charge in [-0.15, -0.1) is 0 Å². The Kier molecular flexibility index (Phi) is 5.12. The number of carbonyl (C=O) groups excluding carboxylic acids is 1. The van der Waals surface area contributed by atoms with Crippen LogP contribution in [0.2, 0.25) is 0 Å². The zero-order valence-corrected chi connectivity index (χ0v) is 13.8. The Morgan fingerprint density at radius 1 is 1.09 bits per heavy atom. The summed E-state index contributed by atoms with van der Waals surface area (Å²) in [7, 11) is 0. The van der Waals surface area contributed by atoms with Gasteiger partial charge in [0.2, 0.25) is 0 Å². The van der Waals surface area contributed by atoms with Crippen molar-refractivity contribution in [1.29, 1.82) is 0 Å². The molecule has 0 spiro atoms. The molecule has 0 bridgehead atoms. The molecule has 2 aromatic rings. The molecule has 0 fully saturated rings. The summed E-state index contributed by atoms with van der Waals surface area (Å²) in [6.07, 6.45) is 4.66. The van der Waals surface area contributed by atoms with Gasteiger partial charge in [-0.1, -0.05) is 49.4 Å². The minimum absolute atomic E-state index is 0.0303. The van der Waals surface area contributed by atoms with Crippen LogP contribution in [0, 0.1) is 5.92 Å². The monoisotopic (exact) mass is 307 g/mol. The summed E-state index contributed by atoms with van der Waals surface area (Å²) in [5, 5.41) is 3.04. The van der Waals surface area contributed by atoms with Crippen LogP contribution in [-0.2, 0) is 6.42 Å². The fraction of sp³-hybridized carbons (Fsp3) is 0.381. The van der Waals surface area contributed by atoms with E-state index in [1.807, 2.05) is 30.3 Å². The molecule has 1 aliphatic rings. The van der Waals surface area contributed by atoms with Crippen molar-refractivity contribution in [2.45, 2.75) is 38.5 Å². The van der Waals surface area contributed by atoms with Gasteiger partial charge in [-0.3, -0.25) is 4.79 Å². The average Bonchev–Trinajstić information content (AvgIpc) is 2.60. The van der Waals surface area contributed by atoms with E-state index in [0.717, 1.165) is 30.9 Å². The number of hydrogen-bond donors (Lipinski definition) is 1. The third-order valence-corrected chi connectivity index (χ3v) is 5.02. The Balaban J connectivity index is 1.52. The summed E-state index contributed by atoms with van der Waals surface area (Å²) in [4.78, 5) is 12.0. The minimum atomic E-state index is 0.0303. The molecule has 2 unspecified atom stereocenters. The highest BCUT2D eigenvalue weighted by molar-refractivity contribution is 5.94. The molecule has 0 aliphatic heterocycles. The van der Waals surface area contributed by atoms with E-state index in [1.165, 1.54) is 24.0 Å². The summed E-state index contributed by atoms with van der Waals surface area (Å²) >= 11 is 0. The normalized spacial score (nSPS) is 19.9. The van der Waals surface area contributed by atoms with Gasteiger partial charge in [-0.05, 0) is 60.8 Å². The lowest BCUT2D eigenvalue weighted by Gasteiger charge is -2.31. The summed E-state index contributed by atoms with van der Waals surface area (Å²) in [5.41, 5.74) is 3.79. The predicted octanol–water partition coefficient (Wildman–Crippen LogP) is 4.56. The lowest BCUT2D eigenvalue weighted by atomic mass is 9.74. The number of benzene rings is 2. The topological polar surface area (TPSA) is 29.1 Å². The summed E-state index contributed by atoms with van der Waals surface area (Å²) in [6, 6.07) is 18.3. The van der Waals surface area contributed by atoms with Crippen molar-refractivity contribution in [3.8, 4) is 0 Å². The van der Waals surface area contributed by atoms with Gasteiger partial charge in [-0.2, -0.15) is 0 Å². The third-order valence-electron chi connectivity index (χ3n) is 5.02. The molecule has 120 valence electrons. The molecule has 2 heteroatoms. The first-order chi connectivity index (χ1) is 11.3. The van der Waals surface area contributed by atoms with Gasteiger partial charge in [-0.25, -0.2) is 0 Å². The Morgan fingerprint density at radius 3 is 2.65 bits per heavy atom. The van der Waals surface area contributed by atoms with Crippen LogP contribution >= 0.6 is 0 Å². The molecule has 2 atom stereocenters. The molecule has 2 nitrogen and oxygen atoms in total. The lowest BCUT2D eigenvalue weighted by molar-refractivity contribution is 0.0952. The quantitative estimate of drug-likeness (QED) is 0.806. The van der Waals surface area contributed by atoms with Crippen LogP contribution in [0.4, 0.5) is 0 Å². The fourth-order valence-electron chi connectivity index (χ4n) is 3.67. The highest BCUT2D eigenvalue weighted by Gasteiger charge is 2.25. The zero-order valence-electron chi connectivity index (χ0n) is 13.8. The number of fused-ring (bicyclic) bond motifs is 1. The number of aryl methyl sites for hydroxylation is 1. The summed E-state index contributed by atoms with van der Waals surface area (Å²) < 4.78 is 0. The highest BCUT2D eigenvalue weighted by atomic mass is 16.1. The van der Waals surface area contributed by atoms with Crippen LogP contribution < -0.4 is 5.32 Å². The van der Waals surface area contributed by atoms with Crippen molar-refractivity contribution in [2.75, 3.05) is 6.54 Å². The van der Waals surface area contributed by atoms with E-state index in [2.05, 4.69) is 36.5 Å². The molecule has 0 aromatic heterocycles. The minimum Gasteiger partial charge on any atom is -0.352 e. The van der Waals surface area contributed by atoms with Gasteiger partial charge in [0, 0.05) is 12.1 Å². The molecule has 1 aliphatic carbocycles. The van der Waals surface area contributed by atoms with Crippen molar-refractivity contribution in [2.24, 2.45) is 5.92 Å². The van der Waals surface area contributed by atoms with Gasteiger partial charge in [0.15, 0.2) is 0 Å². The molecule has 0 heterocycles. The molecular formula is C21H25NO. The predicted molar refractivity (Wildman–Crippen MR) is 94.7 cm³/mol. The second-order valence-corrected chi connectivity index (χ2v) is 6.59. The van der Waals surface area contributed by atoms with Gasteiger partial charge in [0.25, 0.3) is 5.91 Å². The molecule has 3 rings (SSSR count). The molecule has 0 saturated carbocycles. The van der Waals surface area contributed by atoms with Crippen molar-refractivity contribution >= 4 is 5.91 Å². The number of rotatable bonds is 5. The largest absolute Gasteiger partial charge is 0.352 e. The lowest BCUT2D eigenvalue weighted by Crippen LogP contribution is -2.25. The van der Waals surface area contributed by atoms with Crippen LogP contribution in [0.3, 0.4) is 0 Å². The second-order valence-electron chi connectivity index (χ2n) is 6.59. The van der Waals surface area contributed by atoms with Crippen LogP contribution in [0.15, 0.2) is 54.6 Å². The maximum Gasteiger partial charge on any atom is 0.251 e. The van der Waals surface area contributed by atoms with E-state index in [0.29, 0.717) is 5.92 Å². The average molecular weight is 307 g/mol. The number of carbonyl (C=O) groups is 1. The van der Waals surface area contributed by atoms with Gasteiger partial charge >= 0.3 is 0 Å². The maximum absolute atomic E-state index is 12.0. The molecule has 1 N–H and O–H groups in total. The van der Waals surface area contributed by atoms with E-state index < -0.39 is 0 Å². The maximum atomic E-state index is 12.0. The molecule has 0 radical (unpaired) electrons. The van der Waals surface area contributed by atoms with Crippen molar-refractivity contribution in [3.05, 3.63) is 71.3 Å². The van der Waals surface area contributed by atoms with Crippen molar-refractivity contribution in [3.63, 3.8) is 0 Å². The smallest absolute Gasteiger partial charge is 0.251 e. The third kappa shape index (κ3) is 3.82. The van der Waals surface area contributed by atoms with Crippen molar-refractivity contribution < 1.29 is 4.79 Å². The molecule has 1 amide bonds. The van der Waals surface area contributed by atoms with E-state index in [1.54, 1.807) is 0 Å². The van der Waals surface area contributed by atoms with Gasteiger partial charge in [0.05, 0.1) is 0 Å². The number of amides is 1. The summed E-state index contributed by atoms with van der Waals surface area (Å²) in [5.74, 6) is 1.39. The van der Waals surface area contributed by atoms with Crippen molar-refractivity contribution in [1.82, 2.24) is 5.32 Å². The second kappa shape index (κ2) is 7.45. The van der Waals surface area contributed by atoms with Gasteiger partial charge < -0.3 is 5.32 Å². The van der Waals surface area contributed by atoms with Crippen LogP contribution in [0.5, 0.6) is 0 Å². The first kappa shape index (κ1) is 15.8. The Bertz CT molecular complexity index is 650. The number of hydrogen-bond acceptors (Lipinski definition) is 1. The van der Waals surface area contributed by atoms with Gasteiger partial charge in [0.1, 0.15) is 0 Å². The van der Waals surface area contributed by atoms with Crippen LogP contribution in [0.1, 0.15) is 53.6 Å². The van der Waals surface area contributed by atoms with E-state index >= 15 is 0 Å². The molecule has 23 heavy (non-hydrogen) atoms. The first-order valence-electron chi connectivity index (χ1n) is 8.67. The molecular weight excluding hydrogens is 282 g/mol. The fourth-order valence-corrected chi connectivity index (χ4v) is 3.67. The standard InChI is InChI=1S/C21H25NO/c1-16-13-14-17-8-5-6-11-20(17)19(16)12-7-15-22-21(23)18-9-3-2-4-10-18/h2-6,8-11,16,19H,7,12-15H2,1H3,(H,22,23). The highest BCUT2D eigenvalue weighted by Crippen LogP contribution is 2.38. The number of nitrogens with one attached hydrogen (secondary N) is 1. The zero-order chi connectivity index (χ0) is 16.1. The Labute approximate surface area is 138 Å². The van der Waals surface area contributed by atoms with Crippen LogP contribution in [-0.4, -0.2) is 12.5 Å².